The molecule has 0 aliphatic carbocycles. The highest BCUT2D eigenvalue weighted by Crippen LogP contribution is 2.33. The second-order valence-electron chi connectivity index (χ2n) is 5.34. The maximum absolute atomic E-state index is 12.4. The molecule has 2 atom stereocenters. The third kappa shape index (κ3) is 4.19. The molecule has 1 aliphatic rings. The summed E-state index contributed by atoms with van der Waals surface area (Å²) in [5.74, 6) is 1.33. The van der Waals surface area contributed by atoms with Gasteiger partial charge in [0.1, 0.15) is 11.5 Å². The van der Waals surface area contributed by atoms with Gasteiger partial charge in [0.25, 0.3) is 0 Å². The number of amides is 1. The van der Waals surface area contributed by atoms with E-state index >= 15 is 0 Å². The molecule has 0 N–H and O–H groups in total. The van der Waals surface area contributed by atoms with Crippen LogP contribution in [-0.2, 0) is 15.6 Å². The van der Waals surface area contributed by atoms with Crippen molar-refractivity contribution in [3.8, 4) is 5.75 Å². The Morgan fingerprint density at radius 2 is 2.32 bits per heavy atom. The highest BCUT2D eigenvalue weighted by atomic mass is 32.2. The van der Waals surface area contributed by atoms with Crippen molar-refractivity contribution in [3.05, 3.63) is 42.0 Å². The molecule has 1 aromatic rings. The van der Waals surface area contributed by atoms with Crippen molar-refractivity contribution in [1.29, 1.82) is 0 Å². The number of nitrogens with zero attached hydrogens (tertiary/aromatic N) is 1. The lowest BCUT2D eigenvalue weighted by molar-refractivity contribution is -0.129. The minimum absolute atomic E-state index is 0.0202. The first-order valence-electron chi connectivity index (χ1n) is 7.55. The number of likely N-dealkylation sites (tertiary alicyclic amines) is 1. The van der Waals surface area contributed by atoms with Crippen LogP contribution in [0.15, 0.2) is 36.4 Å². The molecule has 0 spiro atoms. The van der Waals surface area contributed by atoms with Crippen molar-refractivity contribution < 1.29 is 13.7 Å². The number of methoxy groups -OCH3 is 1. The Morgan fingerprint density at radius 1 is 1.50 bits per heavy atom. The van der Waals surface area contributed by atoms with Crippen LogP contribution >= 0.6 is 0 Å². The van der Waals surface area contributed by atoms with E-state index in [1.54, 1.807) is 7.11 Å². The number of benzene rings is 1. The summed E-state index contributed by atoms with van der Waals surface area (Å²) in [6.45, 7) is 2.62. The summed E-state index contributed by atoms with van der Waals surface area (Å²) < 4.78 is 17.2. The van der Waals surface area contributed by atoms with Crippen molar-refractivity contribution in [2.45, 2.75) is 25.8 Å². The molecule has 5 heteroatoms. The van der Waals surface area contributed by atoms with Gasteiger partial charge >= 0.3 is 0 Å². The molecule has 0 bridgehead atoms. The smallest absolute Gasteiger partial charge is 0.235 e. The second-order valence-corrected chi connectivity index (χ2v) is 6.84. The first-order chi connectivity index (χ1) is 10.7. The van der Waals surface area contributed by atoms with E-state index in [4.69, 9.17) is 4.74 Å². The van der Waals surface area contributed by atoms with Crippen LogP contribution in [0.4, 0.5) is 0 Å². The summed E-state index contributed by atoms with van der Waals surface area (Å²) >= 11 is 0. The summed E-state index contributed by atoms with van der Waals surface area (Å²) in [4.78, 5) is 14.3. The van der Waals surface area contributed by atoms with E-state index in [0.717, 1.165) is 30.7 Å². The maximum atomic E-state index is 12.4. The summed E-state index contributed by atoms with van der Waals surface area (Å²) in [5, 5.41) is 0. The fourth-order valence-electron chi connectivity index (χ4n) is 2.74. The normalized spacial score (nSPS) is 19.5. The Bertz CT molecular complexity index is 571. The molecule has 0 saturated carbocycles. The van der Waals surface area contributed by atoms with E-state index in [1.807, 2.05) is 48.2 Å². The number of hydrogen-bond acceptors (Lipinski definition) is 3. The van der Waals surface area contributed by atoms with Gasteiger partial charge in [0.05, 0.1) is 13.2 Å². The van der Waals surface area contributed by atoms with Crippen molar-refractivity contribution in [3.63, 3.8) is 0 Å². The van der Waals surface area contributed by atoms with Crippen LogP contribution < -0.4 is 4.74 Å². The summed E-state index contributed by atoms with van der Waals surface area (Å²) in [7, 11) is 0.514. The van der Waals surface area contributed by atoms with Gasteiger partial charge in [-0.25, -0.2) is 0 Å². The van der Waals surface area contributed by atoms with Gasteiger partial charge in [-0.1, -0.05) is 24.3 Å². The van der Waals surface area contributed by atoms with Gasteiger partial charge in [-0.15, -0.1) is 0 Å². The first kappa shape index (κ1) is 16.7. The quantitative estimate of drug-likeness (QED) is 0.757. The molecule has 120 valence electrons. The summed E-state index contributed by atoms with van der Waals surface area (Å²) in [6, 6.07) is 7.92. The van der Waals surface area contributed by atoms with Crippen LogP contribution in [0.2, 0.25) is 0 Å². The first-order valence-corrected chi connectivity index (χ1v) is 9.04. The van der Waals surface area contributed by atoms with Gasteiger partial charge in [-0.2, -0.15) is 0 Å². The predicted molar refractivity (Wildman–Crippen MR) is 89.4 cm³/mol. The Morgan fingerprint density at radius 3 is 3.05 bits per heavy atom. The van der Waals surface area contributed by atoms with Crippen molar-refractivity contribution in [2.75, 3.05) is 25.2 Å². The molecule has 0 aromatic heterocycles. The van der Waals surface area contributed by atoms with Gasteiger partial charge in [-0.3, -0.25) is 9.00 Å². The highest BCUT2D eigenvalue weighted by molar-refractivity contribution is 7.85. The zero-order chi connectivity index (χ0) is 15.9. The standard InChI is InChI=1S/C17H23NO3S/c1-3-4-11-22(20)13-17(19)18-10-6-9-16(18)14-7-5-8-15(12-14)21-2/h3-5,7-8,12,16H,6,9-11,13H2,1-2H3/b4-3+. The maximum Gasteiger partial charge on any atom is 0.235 e. The van der Waals surface area contributed by atoms with E-state index in [2.05, 4.69) is 0 Å². The third-order valence-electron chi connectivity index (χ3n) is 3.85. The van der Waals surface area contributed by atoms with Crippen molar-refractivity contribution >= 4 is 16.7 Å². The molecule has 1 aliphatic heterocycles. The molecule has 4 nitrogen and oxygen atoms in total. The lowest BCUT2D eigenvalue weighted by atomic mass is 10.0. The fourth-order valence-corrected chi connectivity index (χ4v) is 3.71. The molecular weight excluding hydrogens is 298 g/mol. The van der Waals surface area contributed by atoms with Crippen LogP contribution in [0.5, 0.6) is 5.75 Å². The molecule has 22 heavy (non-hydrogen) atoms. The van der Waals surface area contributed by atoms with Gasteiger partial charge in [0.2, 0.25) is 5.91 Å². The number of carbonyl (C=O) groups excluding carboxylic acids is 1. The van der Waals surface area contributed by atoms with E-state index < -0.39 is 10.8 Å². The SMILES string of the molecule is C/C=C/CS(=O)CC(=O)N1CCCC1c1cccc(OC)c1. The minimum Gasteiger partial charge on any atom is -0.497 e. The van der Waals surface area contributed by atoms with Crippen LogP contribution in [0.1, 0.15) is 31.4 Å². The van der Waals surface area contributed by atoms with E-state index in [1.165, 1.54) is 0 Å². The third-order valence-corrected chi connectivity index (χ3v) is 4.99. The Balaban J connectivity index is 2.06. The average Bonchev–Trinajstić information content (AvgIpc) is 3.02. The largest absolute Gasteiger partial charge is 0.497 e. The Labute approximate surface area is 134 Å². The molecule has 2 unspecified atom stereocenters. The van der Waals surface area contributed by atoms with Gasteiger partial charge < -0.3 is 9.64 Å². The molecule has 2 rings (SSSR count). The zero-order valence-electron chi connectivity index (χ0n) is 13.2. The fraction of sp³-hybridized carbons (Fsp3) is 0.471. The topological polar surface area (TPSA) is 46.6 Å². The lowest BCUT2D eigenvalue weighted by Crippen LogP contribution is -2.34. The number of ether oxygens (including phenoxy) is 1. The van der Waals surface area contributed by atoms with Crippen LogP contribution in [0, 0.1) is 0 Å². The molecule has 1 fully saturated rings. The van der Waals surface area contributed by atoms with Gasteiger partial charge in [0.15, 0.2) is 0 Å². The molecule has 1 heterocycles. The van der Waals surface area contributed by atoms with E-state index in [-0.39, 0.29) is 17.7 Å². The molecule has 1 saturated heterocycles. The van der Waals surface area contributed by atoms with Crippen LogP contribution in [0.3, 0.4) is 0 Å². The minimum atomic E-state index is -1.13. The molecular formula is C17H23NO3S. The van der Waals surface area contributed by atoms with Crippen LogP contribution in [-0.4, -0.2) is 40.2 Å². The van der Waals surface area contributed by atoms with Gasteiger partial charge in [0, 0.05) is 23.1 Å². The van der Waals surface area contributed by atoms with Crippen LogP contribution in [0.25, 0.3) is 0 Å². The van der Waals surface area contributed by atoms with Crippen molar-refractivity contribution in [1.82, 2.24) is 4.90 Å². The second kappa shape index (κ2) is 8.13. The van der Waals surface area contributed by atoms with E-state index in [9.17, 15) is 9.00 Å². The van der Waals surface area contributed by atoms with Gasteiger partial charge in [-0.05, 0) is 37.5 Å². The highest BCUT2D eigenvalue weighted by Gasteiger charge is 2.30. The lowest BCUT2D eigenvalue weighted by Gasteiger charge is -2.25. The summed E-state index contributed by atoms with van der Waals surface area (Å²) in [5.41, 5.74) is 1.09. The predicted octanol–water partition coefficient (Wildman–Crippen LogP) is 2.68. The Kier molecular flexibility index (Phi) is 6.19. The summed E-state index contributed by atoms with van der Waals surface area (Å²) in [6.07, 6.45) is 5.62. The number of hydrogen-bond donors (Lipinski definition) is 0. The Hall–Kier alpha value is -1.62. The molecule has 1 aromatic carbocycles. The van der Waals surface area contributed by atoms with E-state index in [0.29, 0.717) is 5.75 Å². The molecule has 0 radical (unpaired) electrons. The number of rotatable bonds is 6. The van der Waals surface area contributed by atoms with Crippen molar-refractivity contribution in [2.24, 2.45) is 0 Å². The average molecular weight is 321 g/mol. The monoisotopic (exact) mass is 321 g/mol. The number of carbonyl (C=O) groups is 1. The molecule has 1 amide bonds. The zero-order valence-corrected chi connectivity index (χ0v) is 14.0. The number of allylic oxidation sites excluding steroid dienone is 1.